The molecular formula is C14H26N4O6S3. The van der Waals surface area contributed by atoms with Gasteiger partial charge in [-0.05, 0) is 18.4 Å². The highest BCUT2D eigenvalue weighted by molar-refractivity contribution is 7.98. The number of thiol groups is 2. The second-order valence-corrected chi connectivity index (χ2v) is 7.17. The van der Waals surface area contributed by atoms with E-state index in [0.29, 0.717) is 5.75 Å². The first-order valence-electron chi connectivity index (χ1n) is 7.92. The van der Waals surface area contributed by atoms with Gasteiger partial charge in [-0.1, -0.05) is 0 Å². The van der Waals surface area contributed by atoms with E-state index in [1.807, 2.05) is 0 Å². The summed E-state index contributed by atoms with van der Waals surface area (Å²) in [6.45, 7) is -0.754. The molecule has 13 heteroatoms. The Morgan fingerprint density at radius 2 is 1.48 bits per heavy atom. The van der Waals surface area contributed by atoms with Crippen LogP contribution in [0.25, 0.3) is 0 Å². The Morgan fingerprint density at radius 1 is 0.963 bits per heavy atom. The average Bonchev–Trinajstić information content (AvgIpc) is 2.65. The number of aliphatic hydroxyl groups excluding tert-OH is 1. The van der Waals surface area contributed by atoms with Gasteiger partial charge in [0.2, 0.25) is 17.7 Å². The number of carbonyl (C=O) groups excluding carboxylic acids is 3. The zero-order valence-corrected chi connectivity index (χ0v) is 17.4. The number of nitrogens with one attached hydrogen (secondary N) is 3. The molecular weight excluding hydrogens is 416 g/mol. The van der Waals surface area contributed by atoms with Crippen molar-refractivity contribution in [2.24, 2.45) is 5.73 Å². The van der Waals surface area contributed by atoms with Crippen LogP contribution in [0.1, 0.15) is 6.42 Å². The van der Waals surface area contributed by atoms with Gasteiger partial charge < -0.3 is 31.9 Å². The standard InChI is InChI=1S/C14H26N4O6S3/c1-27-3-2-8(14(23)24)16-12(21)9(4-19)17-13(22)10(6-26)18-11(20)7(15)5-25/h7-10,19,25-26H,2-6,15H2,1H3,(H,16,21)(H,17,22)(H,18,20)(H,23,24). The maximum atomic E-state index is 12.2. The van der Waals surface area contributed by atoms with E-state index in [4.69, 9.17) is 10.8 Å². The van der Waals surface area contributed by atoms with Crippen LogP contribution < -0.4 is 21.7 Å². The van der Waals surface area contributed by atoms with Gasteiger partial charge in [0, 0.05) is 11.5 Å². The largest absolute Gasteiger partial charge is 0.480 e. The van der Waals surface area contributed by atoms with Gasteiger partial charge in [0.05, 0.1) is 12.6 Å². The molecule has 0 aromatic heterocycles. The van der Waals surface area contributed by atoms with Gasteiger partial charge in [-0.25, -0.2) is 4.79 Å². The molecule has 0 bridgehead atoms. The number of aliphatic carboxylic acids is 1. The fourth-order valence-corrected chi connectivity index (χ4v) is 2.68. The molecule has 7 N–H and O–H groups in total. The third kappa shape index (κ3) is 9.55. The van der Waals surface area contributed by atoms with Crippen LogP contribution in [0.15, 0.2) is 0 Å². The molecule has 3 amide bonds. The molecule has 27 heavy (non-hydrogen) atoms. The molecule has 0 heterocycles. The lowest BCUT2D eigenvalue weighted by molar-refractivity contribution is -0.142. The van der Waals surface area contributed by atoms with E-state index in [9.17, 15) is 24.3 Å². The summed E-state index contributed by atoms with van der Waals surface area (Å²) in [5.74, 6) is -2.96. The van der Waals surface area contributed by atoms with Crippen molar-refractivity contribution in [2.75, 3.05) is 30.1 Å². The van der Waals surface area contributed by atoms with Crippen molar-refractivity contribution in [3.05, 3.63) is 0 Å². The minimum absolute atomic E-state index is 0.0705. The van der Waals surface area contributed by atoms with Crippen LogP contribution in [0.3, 0.4) is 0 Å². The first kappa shape index (κ1) is 25.9. The Bertz CT molecular complexity index is 525. The van der Waals surface area contributed by atoms with Crippen molar-refractivity contribution in [3.63, 3.8) is 0 Å². The van der Waals surface area contributed by atoms with Crippen molar-refractivity contribution >= 4 is 60.7 Å². The highest BCUT2D eigenvalue weighted by Gasteiger charge is 2.29. The normalized spacial score (nSPS) is 15.1. The Kier molecular flexibility index (Phi) is 13.3. The van der Waals surface area contributed by atoms with Crippen LogP contribution in [0.5, 0.6) is 0 Å². The summed E-state index contributed by atoms with van der Waals surface area (Å²) in [4.78, 5) is 47.4. The zero-order chi connectivity index (χ0) is 21.0. The summed E-state index contributed by atoms with van der Waals surface area (Å²) in [7, 11) is 0. The van der Waals surface area contributed by atoms with Crippen molar-refractivity contribution in [1.82, 2.24) is 16.0 Å². The highest BCUT2D eigenvalue weighted by atomic mass is 32.2. The van der Waals surface area contributed by atoms with Gasteiger partial charge in [0.25, 0.3) is 0 Å². The first-order chi connectivity index (χ1) is 12.7. The molecule has 0 spiro atoms. The SMILES string of the molecule is CSCCC(NC(=O)C(CO)NC(=O)C(CS)NC(=O)C(N)CS)C(=O)O. The second kappa shape index (κ2) is 13.9. The van der Waals surface area contributed by atoms with Crippen LogP contribution in [0.2, 0.25) is 0 Å². The molecule has 10 nitrogen and oxygen atoms in total. The minimum atomic E-state index is -1.38. The molecule has 0 saturated heterocycles. The lowest BCUT2D eigenvalue weighted by atomic mass is 10.2. The van der Waals surface area contributed by atoms with E-state index in [1.165, 1.54) is 11.8 Å². The number of hydrogen-bond donors (Lipinski definition) is 8. The lowest BCUT2D eigenvalue weighted by Gasteiger charge is -2.23. The number of carboxylic acid groups (broad SMARTS) is 1. The van der Waals surface area contributed by atoms with Crippen LogP contribution in [-0.4, -0.2) is 88.2 Å². The fourth-order valence-electron chi connectivity index (χ4n) is 1.79. The molecule has 0 aromatic rings. The number of carbonyl (C=O) groups is 4. The quantitative estimate of drug-likeness (QED) is 0.144. The zero-order valence-electron chi connectivity index (χ0n) is 14.8. The van der Waals surface area contributed by atoms with Gasteiger partial charge in [-0.15, -0.1) is 0 Å². The van der Waals surface area contributed by atoms with E-state index in [2.05, 4.69) is 41.2 Å². The molecule has 0 aromatic carbocycles. The molecule has 0 radical (unpaired) electrons. The summed E-state index contributed by atoms with van der Waals surface area (Å²) < 4.78 is 0. The summed E-state index contributed by atoms with van der Waals surface area (Å²) in [6.07, 6.45) is 1.98. The highest BCUT2D eigenvalue weighted by Crippen LogP contribution is 2.02. The maximum Gasteiger partial charge on any atom is 0.326 e. The molecule has 4 unspecified atom stereocenters. The molecule has 0 saturated carbocycles. The van der Waals surface area contributed by atoms with E-state index < -0.39 is 54.5 Å². The number of aliphatic hydroxyl groups is 1. The third-order valence-electron chi connectivity index (χ3n) is 3.39. The summed E-state index contributed by atoms with van der Waals surface area (Å²) in [5, 5.41) is 25.4. The van der Waals surface area contributed by atoms with Gasteiger partial charge in [-0.2, -0.15) is 37.0 Å². The van der Waals surface area contributed by atoms with Crippen LogP contribution in [0.4, 0.5) is 0 Å². The van der Waals surface area contributed by atoms with Crippen LogP contribution in [-0.2, 0) is 19.2 Å². The number of rotatable bonds is 13. The molecule has 0 aliphatic heterocycles. The summed E-state index contributed by atoms with van der Waals surface area (Å²) in [5.41, 5.74) is 5.51. The van der Waals surface area contributed by atoms with Crippen molar-refractivity contribution in [2.45, 2.75) is 30.6 Å². The fraction of sp³-hybridized carbons (Fsp3) is 0.714. The van der Waals surface area contributed by atoms with Gasteiger partial charge in [-0.3, -0.25) is 14.4 Å². The van der Waals surface area contributed by atoms with Crippen molar-refractivity contribution in [3.8, 4) is 0 Å². The van der Waals surface area contributed by atoms with Gasteiger partial charge in [0.15, 0.2) is 0 Å². The van der Waals surface area contributed by atoms with E-state index in [0.717, 1.165) is 0 Å². The summed E-state index contributed by atoms with van der Waals surface area (Å²) >= 11 is 9.28. The first-order valence-corrected chi connectivity index (χ1v) is 10.6. The lowest BCUT2D eigenvalue weighted by Crippen LogP contribution is -2.58. The Hall–Kier alpha value is -1.15. The molecule has 4 atom stereocenters. The molecule has 0 rings (SSSR count). The van der Waals surface area contributed by atoms with E-state index >= 15 is 0 Å². The molecule has 156 valence electrons. The number of thioether (sulfide) groups is 1. The third-order valence-corrected chi connectivity index (χ3v) is 4.79. The predicted octanol–water partition coefficient (Wildman–Crippen LogP) is -2.54. The number of carboxylic acids is 1. The Labute approximate surface area is 172 Å². The van der Waals surface area contributed by atoms with Crippen LogP contribution in [0, 0.1) is 0 Å². The monoisotopic (exact) mass is 442 g/mol. The smallest absolute Gasteiger partial charge is 0.326 e. The Balaban J connectivity index is 4.90. The topological polar surface area (TPSA) is 171 Å². The second-order valence-electron chi connectivity index (χ2n) is 5.46. The number of nitrogens with two attached hydrogens (primary N) is 1. The van der Waals surface area contributed by atoms with E-state index in [1.54, 1.807) is 6.26 Å². The summed E-state index contributed by atoms with van der Waals surface area (Å²) in [6, 6.07) is -4.55. The van der Waals surface area contributed by atoms with Crippen molar-refractivity contribution in [1.29, 1.82) is 0 Å². The molecule has 0 fully saturated rings. The molecule has 0 aliphatic rings. The number of amides is 3. The van der Waals surface area contributed by atoms with E-state index in [-0.39, 0.29) is 17.9 Å². The maximum absolute atomic E-state index is 12.2. The number of hydrogen-bond acceptors (Lipinski definition) is 9. The molecule has 0 aliphatic carbocycles. The van der Waals surface area contributed by atoms with Gasteiger partial charge >= 0.3 is 5.97 Å². The van der Waals surface area contributed by atoms with Crippen molar-refractivity contribution < 1.29 is 29.4 Å². The predicted molar refractivity (Wildman–Crippen MR) is 109 cm³/mol. The van der Waals surface area contributed by atoms with Gasteiger partial charge in [0.1, 0.15) is 18.1 Å². The Morgan fingerprint density at radius 3 is 1.93 bits per heavy atom. The van der Waals surface area contributed by atoms with Crippen LogP contribution >= 0.6 is 37.0 Å². The average molecular weight is 443 g/mol. The minimum Gasteiger partial charge on any atom is -0.480 e.